The number of benzene rings is 1. The Balaban J connectivity index is 1.99. The van der Waals surface area contributed by atoms with E-state index < -0.39 is 0 Å². The maximum Gasteiger partial charge on any atom is 0.217 e. The Hall–Kier alpha value is -1.71. The molecule has 1 aromatic carbocycles. The zero-order valence-electron chi connectivity index (χ0n) is 10.9. The molecule has 0 atom stereocenters. The third kappa shape index (κ3) is 2.94. The lowest BCUT2D eigenvalue weighted by atomic mass is 9.92. The first-order valence-corrected chi connectivity index (χ1v) is 6.45. The summed E-state index contributed by atoms with van der Waals surface area (Å²) in [6.07, 6.45) is 2.59. The molecular formula is C14H21N3O. The van der Waals surface area contributed by atoms with Gasteiger partial charge in [-0.3, -0.25) is 4.79 Å². The molecule has 0 spiro atoms. The Morgan fingerprint density at radius 1 is 1.39 bits per heavy atom. The zero-order chi connectivity index (χ0) is 13.1. The summed E-state index contributed by atoms with van der Waals surface area (Å²) in [6, 6.07) is 6.03. The van der Waals surface area contributed by atoms with Crippen molar-refractivity contribution in [2.45, 2.75) is 26.2 Å². The number of anilines is 2. The predicted molar refractivity (Wildman–Crippen MR) is 74.3 cm³/mol. The van der Waals surface area contributed by atoms with Crippen LogP contribution in [0, 0.1) is 12.8 Å². The number of hydrogen-bond donors (Lipinski definition) is 2. The van der Waals surface area contributed by atoms with Crippen molar-refractivity contribution in [3.63, 3.8) is 0 Å². The molecule has 2 rings (SSSR count). The van der Waals surface area contributed by atoms with Crippen LogP contribution in [0.3, 0.4) is 0 Å². The van der Waals surface area contributed by atoms with E-state index in [9.17, 15) is 4.79 Å². The average Bonchev–Trinajstić information content (AvgIpc) is 2.30. The quantitative estimate of drug-likeness (QED) is 0.798. The molecule has 0 bridgehead atoms. The number of carbonyl (C=O) groups excluding carboxylic acids is 1. The van der Waals surface area contributed by atoms with Gasteiger partial charge in [-0.05, 0) is 49.4 Å². The minimum atomic E-state index is -0.183. The number of nitrogen functional groups attached to an aromatic ring is 1. The summed E-state index contributed by atoms with van der Waals surface area (Å²) >= 11 is 0. The van der Waals surface area contributed by atoms with Crippen molar-refractivity contribution in [2.24, 2.45) is 11.7 Å². The summed E-state index contributed by atoms with van der Waals surface area (Å²) in [4.78, 5) is 13.3. The number of nitrogens with zero attached hydrogens (tertiary/aromatic N) is 1. The fourth-order valence-electron chi connectivity index (χ4n) is 2.70. The maximum atomic E-state index is 10.9. The molecule has 4 heteroatoms. The van der Waals surface area contributed by atoms with E-state index in [0.717, 1.165) is 31.6 Å². The lowest BCUT2D eigenvalue weighted by Gasteiger charge is -2.34. The predicted octanol–water partition coefficient (Wildman–Crippen LogP) is 1.67. The van der Waals surface area contributed by atoms with E-state index >= 15 is 0 Å². The van der Waals surface area contributed by atoms with Gasteiger partial charge in [-0.25, -0.2) is 0 Å². The van der Waals surface area contributed by atoms with E-state index in [1.54, 1.807) is 0 Å². The highest BCUT2D eigenvalue weighted by Crippen LogP contribution is 2.28. The van der Waals surface area contributed by atoms with Gasteiger partial charge in [0.15, 0.2) is 0 Å². The first-order valence-electron chi connectivity index (χ1n) is 6.45. The largest absolute Gasteiger partial charge is 0.399 e. The van der Waals surface area contributed by atoms with Crippen molar-refractivity contribution in [1.29, 1.82) is 0 Å². The van der Waals surface area contributed by atoms with Gasteiger partial charge in [-0.1, -0.05) is 0 Å². The van der Waals surface area contributed by atoms with Gasteiger partial charge in [0.25, 0.3) is 0 Å². The van der Waals surface area contributed by atoms with Crippen molar-refractivity contribution in [3.8, 4) is 0 Å². The van der Waals surface area contributed by atoms with Gasteiger partial charge in [-0.2, -0.15) is 0 Å². The van der Waals surface area contributed by atoms with Crippen molar-refractivity contribution in [2.75, 3.05) is 23.7 Å². The van der Waals surface area contributed by atoms with Crippen molar-refractivity contribution >= 4 is 17.3 Å². The fourth-order valence-corrected chi connectivity index (χ4v) is 2.70. The van der Waals surface area contributed by atoms with E-state index in [0.29, 0.717) is 12.3 Å². The molecule has 1 fully saturated rings. The highest BCUT2D eigenvalue weighted by atomic mass is 16.1. The van der Waals surface area contributed by atoms with E-state index in [2.05, 4.69) is 17.9 Å². The molecule has 1 aromatic rings. The Kier molecular flexibility index (Phi) is 3.75. The number of hydrogen-bond acceptors (Lipinski definition) is 3. The summed E-state index contributed by atoms with van der Waals surface area (Å²) in [5, 5.41) is 0. The van der Waals surface area contributed by atoms with Crippen molar-refractivity contribution in [1.82, 2.24) is 0 Å². The molecule has 0 aromatic heterocycles. The molecule has 18 heavy (non-hydrogen) atoms. The number of primary amides is 1. The van der Waals surface area contributed by atoms with Gasteiger partial charge in [0.1, 0.15) is 0 Å². The molecule has 4 N–H and O–H groups in total. The summed E-state index contributed by atoms with van der Waals surface area (Å²) in [5.41, 5.74) is 14.3. The number of amides is 1. The second-order valence-electron chi connectivity index (χ2n) is 5.15. The van der Waals surface area contributed by atoms with Crippen molar-refractivity contribution < 1.29 is 4.79 Å². The fraction of sp³-hybridized carbons (Fsp3) is 0.500. The molecule has 1 heterocycles. The minimum Gasteiger partial charge on any atom is -0.399 e. The summed E-state index contributed by atoms with van der Waals surface area (Å²) in [6.45, 7) is 4.06. The Bertz CT molecular complexity index is 437. The highest BCUT2D eigenvalue weighted by molar-refractivity contribution is 5.74. The normalized spacial score (nSPS) is 16.8. The molecule has 0 aliphatic carbocycles. The molecule has 0 unspecified atom stereocenters. The van der Waals surface area contributed by atoms with Gasteiger partial charge in [0.2, 0.25) is 5.91 Å². The number of nitrogens with two attached hydrogens (primary N) is 2. The van der Waals surface area contributed by atoms with Crippen LogP contribution in [0.4, 0.5) is 11.4 Å². The molecule has 0 saturated carbocycles. The molecular weight excluding hydrogens is 226 g/mol. The van der Waals surface area contributed by atoms with Crippen LogP contribution >= 0.6 is 0 Å². The Morgan fingerprint density at radius 3 is 2.61 bits per heavy atom. The molecule has 0 radical (unpaired) electrons. The SMILES string of the molecule is Cc1cc(N)ccc1N1CCC(CC(N)=O)CC1. The summed E-state index contributed by atoms with van der Waals surface area (Å²) in [7, 11) is 0. The van der Waals surface area contributed by atoms with Gasteiger partial charge in [-0.15, -0.1) is 0 Å². The Morgan fingerprint density at radius 2 is 2.06 bits per heavy atom. The lowest BCUT2D eigenvalue weighted by molar-refractivity contribution is -0.119. The van der Waals surface area contributed by atoms with Crippen LogP contribution in [0.2, 0.25) is 0 Å². The molecule has 1 amide bonds. The number of carbonyl (C=O) groups is 1. The van der Waals surface area contributed by atoms with Crippen LogP contribution < -0.4 is 16.4 Å². The van der Waals surface area contributed by atoms with E-state index in [-0.39, 0.29) is 5.91 Å². The molecule has 1 saturated heterocycles. The van der Waals surface area contributed by atoms with Crippen LogP contribution in [0.1, 0.15) is 24.8 Å². The minimum absolute atomic E-state index is 0.183. The molecule has 1 aliphatic rings. The highest BCUT2D eigenvalue weighted by Gasteiger charge is 2.21. The van der Waals surface area contributed by atoms with Gasteiger partial charge in [0.05, 0.1) is 0 Å². The summed E-state index contributed by atoms with van der Waals surface area (Å²) in [5.74, 6) is 0.268. The van der Waals surface area contributed by atoms with Crippen molar-refractivity contribution in [3.05, 3.63) is 23.8 Å². The number of rotatable bonds is 3. The van der Waals surface area contributed by atoms with Gasteiger partial charge >= 0.3 is 0 Å². The number of piperidine rings is 1. The van der Waals surface area contributed by atoms with E-state index in [4.69, 9.17) is 11.5 Å². The lowest BCUT2D eigenvalue weighted by Crippen LogP contribution is -2.35. The van der Waals surface area contributed by atoms with Crippen LogP contribution in [0.5, 0.6) is 0 Å². The van der Waals surface area contributed by atoms with E-state index in [1.165, 1.54) is 11.3 Å². The molecule has 1 aliphatic heterocycles. The van der Waals surface area contributed by atoms with Gasteiger partial charge in [0, 0.05) is 30.9 Å². The monoisotopic (exact) mass is 247 g/mol. The first-order chi connectivity index (χ1) is 8.56. The Labute approximate surface area is 108 Å². The zero-order valence-corrected chi connectivity index (χ0v) is 10.9. The average molecular weight is 247 g/mol. The van der Waals surface area contributed by atoms with Crippen LogP contribution in [-0.2, 0) is 4.79 Å². The smallest absolute Gasteiger partial charge is 0.217 e. The van der Waals surface area contributed by atoms with E-state index in [1.807, 2.05) is 12.1 Å². The topological polar surface area (TPSA) is 72.3 Å². The van der Waals surface area contributed by atoms with Crippen LogP contribution in [0.25, 0.3) is 0 Å². The third-order valence-corrected chi connectivity index (χ3v) is 3.67. The number of aryl methyl sites for hydroxylation is 1. The van der Waals surface area contributed by atoms with Gasteiger partial charge < -0.3 is 16.4 Å². The third-order valence-electron chi connectivity index (χ3n) is 3.67. The maximum absolute atomic E-state index is 10.9. The molecule has 98 valence electrons. The van der Waals surface area contributed by atoms with Crippen LogP contribution in [-0.4, -0.2) is 19.0 Å². The standard InChI is InChI=1S/C14H21N3O/c1-10-8-12(15)2-3-13(10)17-6-4-11(5-7-17)9-14(16)18/h2-3,8,11H,4-7,9,15H2,1H3,(H2,16,18). The van der Waals surface area contributed by atoms with Crippen LogP contribution in [0.15, 0.2) is 18.2 Å². The second-order valence-corrected chi connectivity index (χ2v) is 5.15. The second kappa shape index (κ2) is 5.29. The summed E-state index contributed by atoms with van der Waals surface area (Å²) < 4.78 is 0. The molecule has 4 nitrogen and oxygen atoms in total. The first kappa shape index (κ1) is 12.7.